The van der Waals surface area contributed by atoms with Crippen LogP contribution in [0.3, 0.4) is 0 Å². The van der Waals surface area contributed by atoms with E-state index < -0.39 is 29.7 Å². The minimum atomic E-state index is -1.04. The van der Waals surface area contributed by atoms with Crippen LogP contribution in [-0.2, 0) is 9.59 Å². The summed E-state index contributed by atoms with van der Waals surface area (Å²) < 4.78 is 0. The molecule has 0 spiro atoms. The van der Waals surface area contributed by atoms with E-state index in [0.29, 0.717) is 5.56 Å². The Bertz CT molecular complexity index is 1540. The first-order valence-electron chi connectivity index (χ1n) is 13.9. The van der Waals surface area contributed by atoms with Gasteiger partial charge in [-0.05, 0) is 42.2 Å². The number of carbonyl (C=O) groups excluding carboxylic acids is 5. The first-order valence-corrected chi connectivity index (χ1v) is 13.9. The van der Waals surface area contributed by atoms with Gasteiger partial charge in [0.05, 0.1) is 17.2 Å². The molecule has 3 aromatic rings. The molecular formula is C32H28N4O5. The first-order chi connectivity index (χ1) is 19.9. The molecule has 3 aromatic carbocycles. The van der Waals surface area contributed by atoms with E-state index in [-0.39, 0.29) is 48.0 Å². The Morgan fingerprint density at radius 1 is 0.780 bits per heavy atom. The SMILES string of the molecule is O=C1CCC(N2C(=O)c3ccc(C(=O)N4C5CC4CN(C(c4ccccc4)c4ccccc4)C5)cc3C2=O)C(=O)N1. The van der Waals surface area contributed by atoms with Crippen molar-refractivity contribution in [3.63, 3.8) is 0 Å². The molecule has 5 heterocycles. The van der Waals surface area contributed by atoms with Gasteiger partial charge in [-0.3, -0.25) is 39.1 Å². The van der Waals surface area contributed by atoms with Crippen molar-refractivity contribution in [1.29, 1.82) is 0 Å². The number of rotatable bonds is 5. The number of nitrogens with zero attached hydrogens (tertiary/aromatic N) is 3. The summed E-state index contributed by atoms with van der Waals surface area (Å²) in [5.41, 5.74) is 3.05. The fraction of sp³-hybridized carbons (Fsp3) is 0.281. The Labute approximate surface area is 236 Å². The monoisotopic (exact) mass is 548 g/mol. The molecule has 0 aromatic heterocycles. The van der Waals surface area contributed by atoms with Crippen molar-refractivity contribution in [3.05, 3.63) is 107 Å². The zero-order valence-corrected chi connectivity index (χ0v) is 22.2. The number of amides is 5. The molecule has 5 aliphatic rings. The van der Waals surface area contributed by atoms with Crippen molar-refractivity contribution in [1.82, 2.24) is 20.0 Å². The number of fused-ring (bicyclic) bond motifs is 3. The lowest BCUT2D eigenvalue weighted by Crippen LogP contribution is -2.70. The number of nitrogens with one attached hydrogen (secondary N) is 1. The van der Waals surface area contributed by atoms with Gasteiger partial charge < -0.3 is 4.90 Å². The summed E-state index contributed by atoms with van der Waals surface area (Å²) in [4.78, 5) is 69.2. The normalized spacial score (nSPS) is 23.9. The van der Waals surface area contributed by atoms with Gasteiger partial charge in [0.25, 0.3) is 17.7 Å². The fourth-order valence-electron chi connectivity index (χ4n) is 6.82. The van der Waals surface area contributed by atoms with E-state index >= 15 is 0 Å². The lowest BCUT2D eigenvalue weighted by molar-refractivity contribution is -0.136. The lowest BCUT2D eigenvalue weighted by atomic mass is 9.84. The molecule has 5 aliphatic heterocycles. The molecule has 4 saturated heterocycles. The van der Waals surface area contributed by atoms with E-state index in [0.717, 1.165) is 24.4 Å². The molecule has 3 atom stereocenters. The molecular weight excluding hydrogens is 520 g/mol. The summed E-state index contributed by atoms with van der Waals surface area (Å²) in [6.07, 6.45) is 1.06. The number of hydrogen-bond donors (Lipinski definition) is 1. The van der Waals surface area contributed by atoms with Crippen LogP contribution in [-0.4, -0.2) is 75.5 Å². The van der Waals surface area contributed by atoms with Gasteiger partial charge in [0.15, 0.2) is 0 Å². The zero-order chi connectivity index (χ0) is 28.2. The quantitative estimate of drug-likeness (QED) is 0.492. The summed E-state index contributed by atoms with van der Waals surface area (Å²) >= 11 is 0. The van der Waals surface area contributed by atoms with Crippen molar-refractivity contribution < 1.29 is 24.0 Å². The maximum absolute atomic E-state index is 13.7. The van der Waals surface area contributed by atoms with Crippen LogP contribution in [0.5, 0.6) is 0 Å². The molecule has 5 amide bonds. The van der Waals surface area contributed by atoms with Gasteiger partial charge >= 0.3 is 0 Å². The lowest BCUT2D eigenvalue weighted by Gasteiger charge is -2.57. The Hall–Kier alpha value is -4.63. The number of hydrogen-bond acceptors (Lipinski definition) is 6. The Balaban J connectivity index is 1.10. The third-order valence-corrected chi connectivity index (χ3v) is 8.74. The van der Waals surface area contributed by atoms with Crippen LogP contribution >= 0.6 is 0 Å². The van der Waals surface area contributed by atoms with Gasteiger partial charge in [-0.15, -0.1) is 0 Å². The van der Waals surface area contributed by atoms with Crippen LogP contribution in [0.1, 0.15) is 67.5 Å². The predicted octanol–water partition coefficient (Wildman–Crippen LogP) is 2.78. The highest BCUT2D eigenvalue weighted by Crippen LogP contribution is 2.40. The summed E-state index contributed by atoms with van der Waals surface area (Å²) in [5, 5.41) is 2.20. The smallest absolute Gasteiger partial charge is 0.262 e. The van der Waals surface area contributed by atoms with Crippen LogP contribution in [0, 0.1) is 0 Å². The average Bonchev–Trinajstić information content (AvgIpc) is 3.23. The molecule has 0 saturated carbocycles. The van der Waals surface area contributed by atoms with Crippen molar-refractivity contribution in [2.45, 2.75) is 43.4 Å². The van der Waals surface area contributed by atoms with Gasteiger partial charge in [0.2, 0.25) is 11.8 Å². The summed E-state index contributed by atoms with van der Waals surface area (Å²) in [7, 11) is 0. The van der Waals surface area contributed by atoms with E-state index in [1.165, 1.54) is 23.3 Å². The first kappa shape index (κ1) is 25.3. The van der Waals surface area contributed by atoms with Crippen LogP contribution in [0.2, 0.25) is 0 Å². The van der Waals surface area contributed by atoms with Crippen LogP contribution < -0.4 is 5.32 Å². The number of carbonyl (C=O) groups is 5. The highest BCUT2D eigenvalue weighted by molar-refractivity contribution is 6.24. The van der Waals surface area contributed by atoms with Gasteiger partial charge in [-0.25, -0.2) is 0 Å². The van der Waals surface area contributed by atoms with E-state index in [4.69, 9.17) is 0 Å². The third-order valence-electron chi connectivity index (χ3n) is 8.74. The Morgan fingerprint density at radius 2 is 1.39 bits per heavy atom. The zero-order valence-electron chi connectivity index (χ0n) is 22.2. The minimum absolute atomic E-state index is 0.0433. The molecule has 9 nitrogen and oxygen atoms in total. The minimum Gasteiger partial charge on any atom is -0.330 e. The average molecular weight is 549 g/mol. The van der Waals surface area contributed by atoms with Gasteiger partial charge in [-0.2, -0.15) is 0 Å². The molecule has 206 valence electrons. The second kappa shape index (κ2) is 9.78. The van der Waals surface area contributed by atoms with Crippen LogP contribution in [0.4, 0.5) is 0 Å². The standard InChI is InChI=1S/C32H28N4O5/c37-27-14-13-26(29(38)33-27)36-31(40)24-12-11-21(15-25(24)32(36)41)30(39)35-22-16-23(35)18-34(17-22)28(19-7-3-1-4-8-19)20-9-5-2-6-10-20/h1-12,15,22-23,26,28H,13-14,16-18H2,(H,33,37,38). The molecule has 2 bridgehead atoms. The van der Waals surface area contributed by atoms with Crippen LogP contribution in [0.15, 0.2) is 78.9 Å². The van der Waals surface area contributed by atoms with Gasteiger partial charge in [0.1, 0.15) is 6.04 Å². The van der Waals surface area contributed by atoms with E-state index in [9.17, 15) is 24.0 Å². The molecule has 0 aliphatic carbocycles. The summed E-state index contributed by atoms with van der Waals surface area (Å²) in [6.45, 7) is 1.45. The van der Waals surface area contributed by atoms with Gasteiger partial charge in [-0.1, -0.05) is 60.7 Å². The van der Waals surface area contributed by atoms with E-state index in [2.05, 4.69) is 34.5 Å². The van der Waals surface area contributed by atoms with Crippen molar-refractivity contribution >= 4 is 29.5 Å². The molecule has 4 fully saturated rings. The number of piperidine rings is 2. The molecule has 8 rings (SSSR count). The third kappa shape index (κ3) is 4.15. The molecule has 3 unspecified atom stereocenters. The molecule has 1 N–H and O–H groups in total. The highest BCUT2D eigenvalue weighted by Gasteiger charge is 2.50. The Morgan fingerprint density at radius 3 is 2.00 bits per heavy atom. The number of benzene rings is 3. The molecule has 9 heteroatoms. The van der Waals surface area contributed by atoms with Crippen molar-refractivity contribution in [2.24, 2.45) is 0 Å². The van der Waals surface area contributed by atoms with E-state index in [1.54, 1.807) is 6.07 Å². The molecule has 41 heavy (non-hydrogen) atoms. The Kier molecular flexibility index (Phi) is 6.04. The van der Waals surface area contributed by atoms with Gasteiger partial charge in [0, 0.05) is 37.2 Å². The second-order valence-electron chi connectivity index (χ2n) is 11.1. The second-order valence-corrected chi connectivity index (χ2v) is 11.1. The highest BCUT2D eigenvalue weighted by atomic mass is 16.2. The number of imide groups is 2. The van der Waals surface area contributed by atoms with Crippen molar-refractivity contribution in [3.8, 4) is 0 Å². The summed E-state index contributed by atoms with van der Waals surface area (Å²) in [5.74, 6) is -2.44. The topological polar surface area (TPSA) is 107 Å². The maximum atomic E-state index is 13.7. The summed E-state index contributed by atoms with van der Waals surface area (Å²) in [6, 6.07) is 24.5. The van der Waals surface area contributed by atoms with Crippen molar-refractivity contribution in [2.75, 3.05) is 13.1 Å². The maximum Gasteiger partial charge on any atom is 0.262 e. The fourth-order valence-corrected chi connectivity index (χ4v) is 6.82. The van der Waals surface area contributed by atoms with Crippen LogP contribution in [0.25, 0.3) is 0 Å². The molecule has 0 radical (unpaired) electrons. The predicted molar refractivity (Wildman–Crippen MR) is 148 cm³/mol. The largest absolute Gasteiger partial charge is 0.330 e. The number of piperazine rings is 1. The van der Waals surface area contributed by atoms with E-state index in [1.807, 2.05) is 41.3 Å².